The molecule has 0 saturated heterocycles. The van der Waals surface area contributed by atoms with Gasteiger partial charge in [0.05, 0.1) is 0 Å². The minimum atomic E-state index is -3.58. The monoisotopic (exact) mass is 311 g/mol. The lowest BCUT2D eigenvalue weighted by atomic mass is 10.2. The molecule has 1 aromatic heterocycles. The second-order valence-corrected chi connectivity index (χ2v) is 6.79. The summed E-state index contributed by atoms with van der Waals surface area (Å²) >= 11 is 5.80. The van der Waals surface area contributed by atoms with Gasteiger partial charge in [-0.1, -0.05) is 23.7 Å². The number of anilines is 1. The number of sulfonamides is 1. The van der Waals surface area contributed by atoms with Crippen LogP contribution in [0.2, 0.25) is 5.02 Å². The van der Waals surface area contributed by atoms with Crippen LogP contribution in [0.4, 0.5) is 5.82 Å². The van der Waals surface area contributed by atoms with Crippen molar-refractivity contribution in [1.29, 1.82) is 0 Å². The summed E-state index contributed by atoms with van der Waals surface area (Å²) in [5.74, 6) is 0.282. The Balaban J connectivity index is 2.21. The van der Waals surface area contributed by atoms with Gasteiger partial charge in [0.15, 0.2) is 0 Å². The van der Waals surface area contributed by atoms with E-state index in [0.717, 1.165) is 5.56 Å². The third-order valence-electron chi connectivity index (χ3n) is 2.79. The minimum Gasteiger partial charge on any atom is -0.384 e. The summed E-state index contributed by atoms with van der Waals surface area (Å²) < 4.78 is 25.9. The molecule has 1 aromatic carbocycles. The van der Waals surface area contributed by atoms with Gasteiger partial charge in [0.1, 0.15) is 10.7 Å². The van der Waals surface area contributed by atoms with Crippen LogP contribution in [0.1, 0.15) is 5.56 Å². The highest BCUT2D eigenvalue weighted by Crippen LogP contribution is 2.17. The van der Waals surface area contributed by atoms with Crippen LogP contribution in [0, 0.1) is 0 Å². The fourth-order valence-corrected chi connectivity index (χ4v) is 2.89. The summed E-state index contributed by atoms with van der Waals surface area (Å²) in [4.78, 5) is 3.91. The molecule has 2 aromatic rings. The predicted octanol–water partition coefficient (Wildman–Crippen LogP) is 2.14. The van der Waals surface area contributed by atoms with Gasteiger partial charge in [-0.05, 0) is 29.8 Å². The number of benzene rings is 1. The summed E-state index contributed by atoms with van der Waals surface area (Å²) in [6, 6.07) is 9.93. The number of rotatable bonds is 4. The minimum absolute atomic E-state index is 0.114. The topological polar surface area (TPSA) is 76.3 Å². The summed E-state index contributed by atoms with van der Waals surface area (Å²) in [7, 11) is -2.07. The molecule has 0 aliphatic carbocycles. The van der Waals surface area contributed by atoms with Crippen molar-refractivity contribution >= 4 is 27.4 Å². The van der Waals surface area contributed by atoms with Crippen LogP contribution in [0.25, 0.3) is 0 Å². The Hall–Kier alpha value is -1.63. The number of pyridine rings is 1. The molecule has 7 heteroatoms. The second kappa shape index (κ2) is 5.78. The highest BCUT2D eigenvalue weighted by Gasteiger charge is 2.21. The first kappa shape index (κ1) is 14.8. The van der Waals surface area contributed by atoms with E-state index in [4.69, 9.17) is 17.3 Å². The van der Waals surface area contributed by atoms with E-state index in [9.17, 15) is 8.42 Å². The van der Waals surface area contributed by atoms with Crippen LogP contribution in [0.15, 0.2) is 47.5 Å². The molecule has 0 atom stereocenters. The molecule has 106 valence electrons. The fraction of sp³-hybridized carbons (Fsp3) is 0.154. The Labute approximate surface area is 123 Å². The maximum atomic E-state index is 12.3. The number of nitrogens with two attached hydrogens (primary N) is 1. The summed E-state index contributed by atoms with van der Waals surface area (Å²) in [5, 5.41) is 0.613. The lowest BCUT2D eigenvalue weighted by Crippen LogP contribution is -2.26. The number of halogens is 1. The van der Waals surface area contributed by atoms with Crippen LogP contribution >= 0.6 is 11.6 Å². The second-order valence-electron chi connectivity index (χ2n) is 4.31. The van der Waals surface area contributed by atoms with E-state index in [1.54, 1.807) is 24.3 Å². The quantitative estimate of drug-likeness (QED) is 0.938. The van der Waals surface area contributed by atoms with E-state index >= 15 is 0 Å². The Morgan fingerprint density at radius 3 is 2.40 bits per heavy atom. The molecule has 0 amide bonds. The van der Waals surface area contributed by atoms with Gasteiger partial charge in [0.25, 0.3) is 0 Å². The standard InChI is InChI=1S/C13H14ClN3O2S/c1-17(9-10-2-4-11(14)5-3-10)20(18,19)12-6-7-13(15)16-8-12/h2-8H,9H2,1H3,(H2,15,16). The molecule has 1 heterocycles. The van der Waals surface area contributed by atoms with E-state index in [1.165, 1.54) is 29.7 Å². The van der Waals surface area contributed by atoms with Gasteiger partial charge in [0, 0.05) is 24.8 Å². The molecule has 20 heavy (non-hydrogen) atoms. The normalized spacial score (nSPS) is 11.8. The van der Waals surface area contributed by atoms with Crippen molar-refractivity contribution in [1.82, 2.24) is 9.29 Å². The van der Waals surface area contributed by atoms with Crippen LogP contribution in [0.5, 0.6) is 0 Å². The first-order valence-electron chi connectivity index (χ1n) is 5.82. The van der Waals surface area contributed by atoms with Crippen LogP contribution in [-0.4, -0.2) is 24.8 Å². The SMILES string of the molecule is CN(Cc1ccc(Cl)cc1)S(=O)(=O)c1ccc(N)nc1. The molecule has 0 fully saturated rings. The Bertz CT molecular complexity index is 685. The average molecular weight is 312 g/mol. The zero-order valence-electron chi connectivity index (χ0n) is 10.8. The van der Waals surface area contributed by atoms with Crippen molar-refractivity contribution in [2.24, 2.45) is 0 Å². The van der Waals surface area contributed by atoms with Gasteiger partial charge in [-0.3, -0.25) is 0 Å². The van der Waals surface area contributed by atoms with E-state index in [1.807, 2.05) is 0 Å². The molecule has 0 spiro atoms. The van der Waals surface area contributed by atoms with Gasteiger partial charge in [0.2, 0.25) is 10.0 Å². The van der Waals surface area contributed by atoms with Gasteiger partial charge in [-0.25, -0.2) is 13.4 Å². The van der Waals surface area contributed by atoms with Crippen LogP contribution < -0.4 is 5.73 Å². The van der Waals surface area contributed by atoms with Gasteiger partial charge in [-0.2, -0.15) is 4.31 Å². The average Bonchev–Trinajstić information content (AvgIpc) is 2.42. The molecule has 2 rings (SSSR count). The molecular formula is C13H14ClN3O2S. The zero-order valence-corrected chi connectivity index (χ0v) is 12.4. The number of hydrogen-bond acceptors (Lipinski definition) is 4. The van der Waals surface area contributed by atoms with Gasteiger partial charge < -0.3 is 5.73 Å². The molecule has 5 nitrogen and oxygen atoms in total. The summed E-state index contributed by atoms with van der Waals surface area (Å²) in [6.45, 7) is 0.254. The largest absolute Gasteiger partial charge is 0.384 e. The van der Waals surface area contributed by atoms with E-state index in [0.29, 0.717) is 5.02 Å². The fourth-order valence-electron chi connectivity index (χ4n) is 1.66. The highest BCUT2D eigenvalue weighted by molar-refractivity contribution is 7.89. The van der Waals surface area contributed by atoms with Crippen molar-refractivity contribution in [3.8, 4) is 0 Å². The first-order chi connectivity index (χ1) is 9.39. The summed E-state index contributed by atoms with van der Waals surface area (Å²) in [6.07, 6.45) is 1.25. The Kier molecular flexibility index (Phi) is 4.27. The lowest BCUT2D eigenvalue weighted by Gasteiger charge is -2.17. The van der Waals surface area contributed by atoms with E-state index in [-0.39, 0.29) is 17.3 Å². The third kappa shape index (κ3) is 3.27. The van der Waals surface area contributed by atoms with Gasteiger partial charge >= 0.3 is 0 Å². The maximum Gasteiger partial charge on any atom is 0.244 e. The first-order valence-corrected chi connectivity index (χ1v) is 7.64. The third-order valence-corrected chi connectivity index (χ3v) is 4.82. The maximum absolute atomic E-state index is 12.3. The summed E-state index contributed by atoms with van der Waals surface area (Å²) in [5.41, 5.74) is 6.30. The Morgan fingerprint density at radius 2 is 1.85 bits per heavy atom. The predicted molar refractivity (Wildman–Crippen MR) is 78.8 cm³/mol. The lowest BCUT2D eigenvalue weighted by molar-refractivity contribution is 0.466. The van der Waals surface area contributed by atoms with Crippen LogP contribution in [-0.2, 0) is 16.6 Å². The zero-order chi connectivity index (χ0) is 14.8. The van der Waals surface area contributed by atoms with Crippen molar-refractivity contribution in [3.05, 3.63) is 53.2 Å². The van der Waals surface area contributed by atoms with Crippen molar-refractivity contribution < 1.29 is 8.42 Å². The molecule has 2 N–H and O–H groups in total. The van der Waals surface area contributed by atoms with Crippen molar-refractivity contribution in [2.75, 3.05) is 12.8 Å². The molecule has 0 saturated carbocycles. The Morgan fingerprint density at radius 1 is 1.20 bits per heavy atom. The number of nitrogens with zero attached hydrogens (tertiary/aromatic N) is 2. The smallest absolute Gasteiger partial charge is 0.244 e. The molecule has 0 bridgehead atoms. The van der Waals surface area contributed by atoms with Crippen LogP contribution in [0.3, 0.4) is 0 Å². The molecule has 0 unspecified atom stereocenters. The van der Waals surface area contributed by atoms with E-state index in [2.05, 4.69) is 4.98 Å². The van der Waals surface area contributed by atoms with Crippen molar-refractivity contribution in [2.45, 2.75) is 11.4 Å². The number of hydrogen-bond donors (Lipinski definition) is 1. The highest BCUT2D eigenvalue weighted by atomic mass is 35.5. The molecule has 0 radical (unpaired) electrons. The molecule has 0 aliphatic heterocycles. The van der Waals surface area contributed by atoms with E-state index < -0.39 is 10.0 Å². The molecular weight excluding hydrogens is 298 g/mol. The molecule has 0 aliphatic rings. The van der Waals surface area contributed by atoms with Crippen molar-refractivity contribution in [3.63, 3.8) is 0 Å². The number of nitrogen functional groups attached to an aromatic ring is 1. The van der Waals surface area contributed by atoms with Gasteiger partial charge in [-0.15, -0.1) is 0 Å². The number of aromatic nitrogens is 1.